The number of hydrogen-bond donors (Lipinski definition) is 1. The van der Waals surface area contributed by atoms with Gasteiger partial charge in [0.2, 0.25) is 5.88 Å². The van der Waals surface area contributed by atoms with Gasteiger partial charge >= 0.3 is 5.63 Å². The maximum Gasteiger partial charge on any atom is 0.343 e. The average molecular weight is 324 g/mol. The van der Waals surface area contributed by atoms with E-state index in [1.165, 1.54) is 0 Å². The van der Waals surface area contributed by atoms with E-state index in [2.05, 4.69) is 0 Å². The van der Waals surface area contributed by atoms with Crippen molar-refractivity contribution in [3.8, 4) is 17.6 Å². The molecule has 2 heterocycles. The molecular weight excluding hydrogens is 308 g/mol. The van der Waals surface area contributed by atoms with E-state index in [-0.39, 0.29) is 17.0 Å². The van der Waals surface area contributed by atoms with Gasteiger partial charge in [-0.1, -0.05) is 18.2 Å². The second-order valence-corrected chi connectivity index (χ2v) is 5.32. The Hall–Kier alpha value is -3.20. The molecule has 1 unspecified atom stereocenters. The molecule has 1 aromatic heterocycles. The maximum atomic E-state index is 12.4. The molecule has 2 aromatic rings. The van der Waals surface area contributed by atoms with Crippen molar-refractivity contribution in [2.75, 3.05) is 6.61 Å². The first kappa shape index (κ1) is 15.7. The van der Waals surface area contributed by atoms with E-state index in [9.17, 15) is 10.1 Å². The molecule has 1 aromatic carbocycles. The van der Waals surface area contributed by atoms with E-state index in [4.69, 9.17) is 19.6 Å². The van der Waals surface area contributed by atoms with E-state index in [0.717, 1.165) is 0 Å². The monoisotopic (exact) mass is 324 g/mol. The van der Waals surface area contributed by atoms with Gasteiger partial charge in [-0.3, -0.25) is 0 Å². The summed E-state index contributed by atoms with van der Waals surface area (Å²) in [5, 5.41) is 9.54. The summed E-state index contributed by atoms with van der Waals surface area (Å²) in [7, 11) is 0. The van der Waals surface area contributed by atoms with Crippen LogP contribution in [-0.2, 0) is 0 Å². The minimum absolute atomic E-state index is 0.0219. The Balaban J connectivity index is 2.31. The number of nitrogens with two attached hydrogens (primary N) is 1. The van der Waals surface area contributed by atoms with Crippen LogP contribution in [0, 0.1) is 18.3 Å². The molecule has 0 bridgehead atoms. The number of benzene rings is 1. The first-order valence-corrected chi connectivity index (χ1v) is 7.50. The van der Waals surface area contributed by atoms with Crippen LogP contribution < -0.4 is 20.8 Å². The van der Waals surface area contributed by atoms with Gasteiger partial charge in [0.15, 0.2) is 0 Å². The molecule has 0 fully saturated rings. The molecule has 2 N–H and O–H groups in total. The molecule has 122 valence electrons. The number of nitrogens with zero attached hydrogens (tertiary/aromatic N) is 1. The lowest BCUT2D eigenvalue weighted by Gasteiger charge is -2.26. The van der Waals surface area contributed by atoms with Crippen molar-refractivity contribution >= 4 is 0 Å². The summed E-state index contributed by atoms with van der Waals surface area (Å²) >= 11 is 0. The van der Waals surface area contributed by atoms with Crippen LogP contribution in [0.1, 0.15) is 29.7 Å². The third kappa shape index (κ3) is 2.50. The standard InChI is InChI=1S/C18H16N2O4/c1-3-22-13-7-5-4-6-11(13)15-12(9-19)17(20)24-14-8-10(2)23-18(21)16(14)15/h4-8,15H,3,20H2,1-2H3. The Bertz CT molecular complexity index is 921. The minimum atomic E-state index is -0.696. The quantitative estimate of drug-likeness (QED) is 0.931. The molecule has 1 atom stereocenters. The Morgan fingerprint density at radius 3 is 2.83 bits per heavy atom. The smallest absolute Gasteiger partial charge is 0.343 e. The molecule has 0 saturated heterocycles. The van der Waals surface area contributed by atoms with Crippen molar-refractivity contribution in [2.24, 2.45) is 5.73 Å². The predicted molar refractivity (Wildman–Crippen MR) is 86.6 cm³/mol. The second kappa shape index (κ2) is 6.13. The third-order valence-electron chi connectivity index (χ3n) is 3.79. The van der Waals surface area contributed by atoms with Crippen LogP contribution in [0.25, 0.3) is 0 Å². The summed E-state index contributed by atoms with van der Waals surface area (Å²) in [4.78, 5) is 12.4. The topological polar surface area (TPSA) is 98.5 Å². The van der Waals surface area contributed by atoms with Gasteiger partial charge in [0, 0.05) is 11.6 Å². The van der Waals surface area contributed by atoms with Gasteiger partial charge in [0.1, 0.15) is 28.9 Å². The Kier molecular flexibility index (Phi) is 4.00. The summed E-state index contributed by atoms with van der Waals surface area (Å²) < 4.78 is 16.3. The lowest BCUT2D eigenvalue weighted by atomic mass is 9.84. The van der Waals surface area contributed by atoms with Gasteiger partial charge in [-0.25, -0.2) is 4.79 Å². The lowest BCUT2D eigenvalue weighted by Crippen LogP contribution is -2.26. The fourth-order valence-corrected chi connectivity index (χ4v) is 2.83. The van der Waals surface area contributed by atoms with Gasteiger partial charge in [0.05, 0.1) is 18.1 Å². The van der Waals surface area contributed by atoms with Crippen LogP contribution in [0.5, 0.6) is 11.5 Å². The van der Waals surface area contributed by atoms with Gasteiger partial charge in [0.25, 0.3) is 0 Å². The number of rotatable bonds is 3. The molecule has 0 saturated carbocycles. The molecule has 3 rings (SSSR count). The number of nitriles is 1. The number of fused-ring (bicyclic) bond motifs is 1. The molecular formula is C18H16N2O4. The highest BCUT2D eigenvalue weighted by atomic mass is 16.5. The highest BCUT2D eigenvalue weighted by Gasteiger charge is 2.35. The summed E-state index contributed by atoms with van der Waals surface area (Å²) in [5.74, 6) is 0.573. The fourth-order valence-electron chi connectivity index (χ4n) is 2.83. The normalized spacial score (nSPS) is 16.1. The van der Waals surface area contributed by atoms with Crippen molar-refractivity contribution in [1.29, 1.82) is 5.26 Å². The first-order valence-electron chi connectivity index (χ1n) is 7.50. The van der Waals surface area contributed by atoms with Gasteiger partial charge < -0.3 is 19.6 Å². The highest BCUT2D eigenvalue weighted by Crippen LogP contribution is 2.43. The zero-order chi connectivity index (χ0) is 17.3. The highest BCUT2D eigenvalue weighted by molar-refractivity contribution is 5.57. The van der Waals surface area contributed by atoms with Crippen LogP contribution in [0.15, 0.2) is 51.0 Å². The number of para-hydroxylation sites is 1. The van der Waals surface area contributed by atoms with E-state index in [1.807, 2.05) is 25.1 Å². The number of aryl methyl sites for hydroxylation is 1. The Labute approximate surface area is 138 Å². The molecule has 0 radical (unpaired) electrons. The molecule has 1 aliphatic heterocycles. The average Bonchev–Trinajstić information content (AvgIpc) is 2.54. The summed E-state index contributed by atoms with van der Waals surface area (Å²) in [6, 6.07) is 10.9. The van der Waals surface area contributed by atoms with Crippen LogP contribution in [0.3, 0.4) is 0 Å². The summed E-state index contributed by atoms with van der Waals surface area (Å²) in [5.41, 5.74) is 6.44. The number of ether oxygens (including phenoxy) is 2. The lowest BCUT2D eigenvalue weighted by molar-refractivity contribution is 0.333. The molecule has 0 amide bonds. The van der Waals surface area contributed by atoms with Crippen molar-refractivity contribution in [2.45, 2.75) is 19.8 Å². The molecule has 0 aliphatic carbocycles. The van der Waals surface area contributed by atoms with Gasteiger partial charge in [-0.2, -0.15) is 5.26 Å². The summed E-state index contributed by atoms with van der Waals surface area (Å²) in [6.45, 7) is 3.96. The third-order valence-corrected chi connectivity index (χ3v) is 3.79. The van der Waals surface area contributed by atoms with Crippen LogP contribution in [0.4, 0.5) is 0 Å². The molecule has 0 spiro atoms. The Morgan fingerprint density at radius 1 is 1.38 bits per heavy atom. The van der Waals surface area contributed by atoms with Crippen LogP contribution in [-0.4, -0.2) is 6.61 Å². The largest absolute Gasteiger partial charge is 0.494 e. The Morgan fingerprint density at radius 2 is 2.12 bits per heavy atom. The summed E-state index contributed by atoms with van der Waals surface area (Å²) in [6.07, 6.45) is 0. The SMILES string of the molecule is CCOc1ccccc1C1C(C#N)=C(N)Oc2cc(C)oc(=O)c21. The number of hydrogen-bond acceptors (Lipinski definition) is 6. The van der Waals surface area contributed by atoms with Gasteiger partial charge in [-0.05, 0) is 19.9 Å². The van der Waals surface area contributed by atoms with E-state index >= 15 is 0 Å². The van der Waals surface area contributed by atoms with Crippen molar-refractivity contribution in [3.05, 3.63) is 69.1 Å². The predicted octanol–water partition coefficient (Wildman–Crippen LogP) is 2.57. The minimum Gasteiger partial charge on any atom is -0.494 e. The molecule has 6 nitrogen and oxygen atoms in total. The zero-order valence-electron chi connectivity index (χ0n) is 13.3. The maximum absolute atomic E-state index is 12.4. The first-order chi connectivity index (χ1) is 11.6. The van der Waals surface area contributed by atoms with Crippen LogP contribution >= 0.6 is 0 Å². The van der Waals surface area contributed by atoms with Crippen molar-refractivity contribution in [1.82, 2.24) is 0 Å². The molecule has 1 aliphatic rings. The van der Waals surface area contributed by atoms with E-state index < -0.39 is 11.5 Å². The molecule has 6 heteroatoms. The van der Waals surface area contributed by atoms with Gasteiger partial charge in [-0.15, -0.1) is 0 Å². The molecule has 24 heavy (non-hydrogen) atoms. The van der Waals surface area contributed by atoms with E-state index in [1.54, 1.807) is 25.1 Å². The van der Waals surface area contributed by atoms with E-state index in [0.29, 0.717) is 29.4 Å². The fraction of sp³-hybridized carbons (Fsp3) is 0.222. The van der Waals surface area contributed by atoms with Crippen LogP contribution in [0.2, 0.25) is 0 Å². The second-order valence-electron chi connectivity index (χ2n) is 5.32. The number of allylic oxidation sites excluding steroid dienone is 1. The zero-order valence-corrected chi connectivity index (χ0v) is 13.3. The van der Waals surface area contributed by atoms with Crippen molar-refractivity contribution < 1.29 is 13.9 Å². The van der Waals surface area contributed by atoms with Crippen molar-refractivity contribution in [3.63, 3.8) is 0 Å².